The Bertz CT molecular complexity index is 2570. The summed E-state index contributed by atoms with van der Waals surface area (Å²) in [5, 5.41) is 20.8. The molecule has 0 aliphatic carbocycles. The number of halogens is 4. The van der Waals surface area contributed by atoms with E-state index in [4.69, 9.17) is 65.4 Å². The molecule has 8 rings (SSSR count). The molecule has 22 heteroatoms. The number of nitrogens with one attached hydrogen (secondary N) is 4. The maximum Gasteiger partial charge on any atom is 0.274 e. The van der Waals surface area contributed by atoms with Gasteiger partial charge in [-0.05, 0) is 73.5 Å². The van der Waals surface area contributed by atoms with Crippen LogP contribution < -0.4 is 30.7 Å². The van der Waals surface area contributed by atoms with E-state index in [1.807, 2.05) is 0 Å². The first-order valence-electron chi connectivity index (χ1n) is 19.3. The zero-order valence-corrected chi connectivity index (χ0v) is 37.4. The molecule has 2 aliphatic heterocycles. The summed E-state index contributed by atoms with van der Waals surface area (Å²) in [6, 6.07) is 15.9. The molecule has 2 fully saturated rings. The Hall–Kier alpha value is -6.28. The average Bonchev–Trinajstić information content (AvgIpc) is 3.87. The number of nitrogens with zero attached hydrogens (tertiary/aromatic N) is 6. The van der Waals surface area contributed by atoms with Gasteiger partial charge in [0.05, 0.1) is 59.0 Å². The van der Waals surface area contributed by atoms with Gasteiger partial charge >= 0.3 is 0 Å². The van der Waals surface area contributed by atoms with Crippen LogP contribution in [0.3, 0.4) is 0 Å². The van der Waals surface area contributed by atoms with Crippen LogP contribution in [0.2, 0.25) is 20.1 Å². The van der Waals surface area contributed by atoms with Gasteiger partial charge < -0.3 is 40.2 Å². The topological polar surface area (TPSA) is 215 Å². The van der Waals surface area contributed by atoms with Crippen LogP contribution in [-0.2, 0) is 9.47 Å². The van der Waals surface area contributed by atoms with E-state index in [9.17, 15) is 19.2 Å². The van der Waals surface area contributed by atoms with E-state index in [0.29, 0.717) is 69.0 Å². The zero-order valence-electron chi connectivity index (χ0n) is 34.4. The van der Waals surface area contributed by atoms with E-state index in [0.717, 1.165) is 0 Å². The summed E-state index contributed by atoms with van der Waals surface area (Å²) in [5.74, 6) is -0.864. The summed E-state index contributed by atoms with van der Waals surface area (Å²) >= 11 is 24.8. The lowest BCUT2D eigenvalue weighted by atomic mass is 10.1. The van der Waals surface area contributed by atoms with Crippen LogP contribution in [0.1, 0.15) is 52.8 Å². The molecule has 6 aromatic rings. The van der Waals surface area contributed by atoms with Gasteiger partial charge in [0.2, 0.25) is 11.8 Å². The van der Waals surface area contributed by atoms with Crippen molar-refractivity contribution in [3.05, 3.63) is 127 Å². The number of rotatable bonds is 12. The van der Waals surface area contributed by atoms with Crippen LogP contribution in [0.25, 0.3) is 11.6 Å². The Labute approximate surface area is 385 Å². The molecule has 6 heterocycles. The molecule has 4 aromatic heterocycles. The Kier molecular flexibility index (Phi) is 14.3. The monoisotopic (exact) mass is 950 g/mol. The van der Waals surface area contributed by atoms with Crippen LogP contribution in [0.5, 0.6) is 11.8 Å². The molecule has 18 nitrogen and oxygen atoms in total. The van der Waals surface area contributed by atoms with Crippen LogP contribution in [0, 0.1) is 13.8 Å². The molecule has 2 aliphatic rings. The normalized spacial score (nSPS) is 13.4. The molecule has 0 unspecified atom stereocenters. The maximum absolute atomic E-state index is 13.3. The second-order valence-electron chi connectivity index (χ2n) is 14.1. The highest BCUT2D eigenvalue weighted by Crippen LogP contribution is 2.31. The third-order valence-electron chi connectivity index (χ3n) is 9.53. The first-order valence-corrected chi connectivity index (χ1v) is 20.8. The predicted molar refractivity (Wildman–Crippen MR) is 238 cm³/mol. The summed E-state index contributed by atoms with van der Waals surface area (Å²) in [4.78, 5) is 59.8. The van der Waals surface area contributed by atoms with Gasteiger partial charge in [0.25, 0.3) is 23.6 Å². The van der Waals surface area contributed by atoms with E-state index in [1.54, 1.807) is 50.2 Å². The quantitative estimate of drug-likeness (QED) is 0.103. The molecule has 0 bridgehead atoms. The summed E-state index contributed by atoms with van der Waals surface area (Å²) in [7, 11) is 2.99. The second kappa shape index (κ2) is 20.0. The Morgan fingerprint density at radius 2 is 1.00 bits per heavy atom. The fraction of sp³-hybridized carbons (Fsp3) is 0.238. The molecule has 0 radical (unpaired) electrons. The van der Waals surface area contributed by atoms with Gasteiger partial charge in [-0.25, -0.2) is 19.3 Å². The molecule has 4 N–H and O–H groups in total. The second-order valence-corrected chi connectivity index (χ2v) is 15.8. The maximum atomic E-state index is 13.3. The van der Waals surface area contributed by atoms with Gasteiger partial charge in [-0.2, -0.15) is 0 Å². The number of ether oxygens (including phenoxy) is 4. The summed E-state index contributed by atoms with van der Waals surface area (Å²) in [6.07, 6.45) is 2.79. The number of hydrogen-bond acceptors (Lipinski definition) is 12. The van der Waals surface area contributed by atoms with Crippen molar-refractivity contribution in [1.82, 2.24) is 40.2 Å². The molecule has 64 heavy (non-hydrogen) atoms. The van der Waals surface area contributed by atoms with Crippen molar-refractivity contribution in [1.29, 1.82) is 0 Å². The highest BCUT2D eigenvalue weighted by molar-refractivity contribution is 6.33. The SMILES string of the molecule is CNC(=O)c1cc(Cl)cc(C)c1NC(=O)c1cc(OC2COC2)nn1-c1ncccc1Cl.CNC(=O)c1cc(Cl)cc(C)c1NC(=O)c1cc(OC2COC2)nn1-c1ncccc1Cl. The average molecular weight is 953 g/mol. The highest BCUT2D eigenvalue weighted by atomic mass is 35.5. The summed E-state index contributed by atoms with van der Waals surface area (Å²) in [6.45, 7) is 5.25. The molecule has 0 saturated carbocycles. The summed E-state index contributed by atoms with van der Waals surface area (Å²) in [5.41, 5.74) is 2.61. The van der Waals surface area contributed by atoms with Crippen molar-refractivity contribution < 1.29 is 38.1 Å². The Balaban J connectivity index is 0.000000191. The van der Waals surface area contributed by atoms with Crippen LogP contribution in [-0.4, -0.2) is 106 Å². The van der Waals surface area contributed by atoms with Crippen molar-refractivity contribution in [3.63, 3.8) is 0 Å². The third-order valence-corrected chi connectivity index (χ3v) is 10.6. The molecular formula is C42H38Cl4N10O8. The number of carbonyl (C=O) groups excluding carboxylic acids is 4. The number of aromatic nitrogens is 6. The molecule has 332 valence electrons. The van der Waals surface area contributed by atoms with Crippen LogP contribution in [0.4, 0.5) is 11.4 Å². The lowest BCUT2D eigenvalue weighted by molar-refractivity contribution is -0.0814. The predicted octanol–water partition coefficient (Wildman–Crippen LogP) is 6.54. The van der Waals surface area contributed by atoms with E-state index in [1.165, 1.54) is 60.1 Å². The van der Waals surface area contributed by atoms with Crippen LogP contribution >= 0.6 is 46.4 Å². The van der Waals surface area contributed by atoms with Gasteiger partial charge in [0, 0.05) is 48.7 Å². The minimum Gasteiger partial charge on any atom is -0.468 e. The fourth-order valence-corrected chi connectivity index (χ4v) is 7.20. The Morgan fingerprint density at radius 1 is 0.609 bits per heavy atom. The van der Waals surface area contributed by atoms with E-state index >= 15 is 0 Å². The smallest absolute Gasteiger partial charge is 0.274 e. The van der Waals surface area contributed by atoms with Gasteiger partial charge in [-0.3, -0.25) is 19.2 Å². The lowest BCUT2D eigenvalue weighted by Crippen LogP contribution is -2.38. The molecule has 2 saturated heterocycles. The van der Waals surface area contributed by atoms with Gasteiger partial charge in [0.1, 0.15) is 23.6 Å². The number of benzene rings is 2. The molecule has 4 amide bonds. The van der Waals surface area contributed by atoms with Crippen molar-refractivity contribution >= 4 is 81.4 Å². The standard InChI is InChI=1S/2C21H19Cl2N5O4/c2*1-11-6-12(22)7-14(20(29)24-2)18(11)26-21(30)16-8-17(32-13-9-31-10-13)27-28(16)19-15(23)4-3-5-25-19/h2*3-8,13H,9-10H2,1-2H3,(H,24,29)(H,26,30). The summed E-state index contributed by atoms with van der Waals surface area (Å²) < 4.78 is 24.4. The number of hydrogen-bond donors (Lipinski definition) is 4. The Morgan fingerprint density at radius 3 is 1.33 bits per heavy atom. The minimum atomic E-state index is -0.533. The number of aryl methyl sites for hydroxylation is 2. The van der Waals surface area contributed by atoms with E-state index in [2.05, 4.69) is 41.4 Å². The zero-order chi connectivity index (χ0) is 45.7. The number of amides is 4. The number of pyridine rings is 2. The van der Waals surface area contributed by atoms with Crippen molar-refractivity contribution in [3.8, 4) is 23.4 Å². The third kappa shape index (κ3) is 10.2. The lowest BCUT2D eigenvalue weighted by Gasteiger charge is -2.25. The van der Waals surface area contributed by atoms with E-state index in [-0.39, 0.29) is 69.9 Å². The van der Waals surface area contributed by atoms with Crippen LogP contribution in [0.15, 0.2) is 73.1 Å². The van der Waals surface area contributed by atoms with E-state index < -0.39 is 11.8 Å². The fourth-order valence-electron chi connectivity index (χ4n) is 6.25. The molecular weight excluding hydrogens is 914 g/mol. The highest BCUT2D eigenvalue weighted by Gasteiger charge is 2.28. The number of anilines is 2. The van der Waals surface area contributed by atoms with Crippen molar-refractivity contribution in [2.24, 2.45) is 0 Å². The first-order chi connectivity index (χ1) is 30.7. The van der Waals surface area contributed by atoms with Crippen molar-refractivity contribution in [2.75, 3.05) is 51.2 Å². The minimum absolute atomic E-state index is 0.123. The first kappa shape index (κ1) is 45.7. The van der Waals surface area contributed by atoms with Gasteiger partial charge in [-0.15, -0.1) is 10.2 Å². The van der Waals surface area contributed by atoms with Gasteiger partial charge in [-0.1, -0.05) is 46.4 Å². The molecule has 0 atom stereocenters. The molecule has 0 spiro atoms. The number of carbonyl (C=O) groups is 4. The largest absolute Gasteiger partial charge is 0.468 e. The van der Waals surface area contributed by atoms with Crippen molar-refractivity contribution in [2.45, 2.75) is 26.1 Å². The molecule has 2 aromatic carbocycles. The van der Waals surface area contributed by atoms with Gasteiger partial charge in [0.15, 0.2) is 11.6 Å².